The van der Waals surface area contributed by atoms with Crippen LogP contribution >= 0.6 is 11.8 Å². The summed E-state index contributed by atoms with van der Waals surface area (Å²) in [5.74, 6) is 1.89. The lowest BCUT2D eigenvalue weighted by Gasteiger charge is -2.07. The number of aliphatic carboxylic acids is 1. The zero-order valence-corrected chi connectivity index (χ0v) is 19.9. The molecule has 0 fully saturated rings. The van der Waals surface area contributed by atoms with Crippen LogP contribution in [0.3, 0.4) is 0 Å². The Morgan fingerprint density at radius 1 is 0.621 bits per heavy atom. The molecule has 0 aromatic carbocycles. The predicted octanol–water partition coefficient (Wildman–Crippen LogP) is 4.66. The Balaban J connectivity index is 2.99. The van der Waals surface area contributed by atoms with Crippen molar-refractivity contribution in [2.75, 3.05) is 50.8 Å². The summed E-state index contributed by atoms with van der Waals surface area (Å²) in [6.07, 6.45) is 16.4. The molecule has 0 spiro atoms. The number of hydrogen-bond donors (Lipinski definition) is 4. The minimum atomic E-state index is -0.715. The molecular weight excluding hydrogens is 382 g/mol. The van der Waals surface area contributed by atoms with Gasteiger partial charge in [-0.25, -0.2) is 0 Å². The summed E-state index contributed by atoms with van der Waals surface area (Å²) >= 11 is 2.11. The summed E-state index contributed by atoms with van der Waals surface area (Å²) in [5.41, 5.74) is 0. The zero-order chi connectivity index (χ0) is 21.3. The highest BCUT2D eigenvalue weighted by Gasteiger charge is 1.96. The summed E-state index contributed by atoms with van der Waals surface area (Å²) in [6.45, 7) is 8.01. The fourth-order valence-corrected chi connectivity index (χ4v) is 4.15. The lowest BCUT2D eigenvalue weighted by Crippen LogP contribution is -2.33. The highest BCUT2D eigenvalue weighted by molar-refractivity contribution is 7.99. The van der Waals surface area contributed by atoms with Gasteiger partial charge in [-0.1, -0.05) is 64.7 Å². The highest BCUT2D eigenvalue weighted by Crippen LogP contribution is 2.12. The van der Waals surface area contributed by atoms with Gasteiger partial charge in [-0.05, 0) is 43.9 Å². The molecule has 4 N–H and O–H groups in total. The topological polar surface area (TPSA) is 73.4 Å². The van der Waals surface area contributed by atoms with E-state index >= 15 is 0 Å². The standard InChI is InChI=1S/C23H49N3O2S/c1-2-3-4-5-6-7-8-9-10-11-21-29-22-13-16-25-18-20-26-19-17-24-15-12-14-23(27)28/h24-26H,2-22H2,1H3,(H,27,28). The van der Waals surface area contributed by atoms with Crippen LogP contribution in [0.2, 0.25) is 0 Å². The molecule has 0 bridgehead atoms. The van der Waals surface area contributed by atoms with Crippen LogP contribution in [0, 0.1) is 0 Å². The first kappa shape index (κ1) is 28.7. The van der Waals surface area contributed by atoms with E-state index in [1.54, 1.807) is 0 Å². The van der Waals surface area contributed by atoms with Gasteiger partial charge in [0.2, 0.25) is 0 Å². The van der Waals surface area contributed by atoms with Crippen molar-refractivity contribution in [1.29, 1.82) is 0 Å². The first-order chi connectivity index (χ1) is 14.3. The molecule has 0 aliphatic heterocycles. The van der Waals surface area contributed by atoms with Crippen molar-refractivity contribution >= 4 is 17.7 Å². The van der Waals surface area contributed by atoms with E-state index in [1.807, 2.05) is 0 Å². The van der Waals surface area contributed by atoms with E-state index in [2.05, 4.69) is 34.6 Å². The van der Waals surface area contributed by atoms with E-state index < -0.39 is 5.97 Å². The third-order valence-corrected chi connectivity index (χ3v) is 6.14. The first-order valence-corrected chi connectivity index (χ1v) is 13.3. The molecule has 0 unspecified atom stereocenters. The third kappa shape index (κ3) is 27.7. The number of thioether (sulfide) groups is 1. The molecule has 0 rings (SSSR count). The molecule has 0 radical (unpaired) electrons. The monoisotopic (exact) mass is 431 g/mol. The van der Waals surface area contributed by atoms with E-state index in [4.69, 9.17) is 5.11 Å². The SMILES string of the molecule is CCCCCCCCCCCCSCCCNCCNCCNCCCC(=O)O. The van der Waals surface area contributed by atoms with Crippen molar-refractivity contribution < 1.29 is 9.90 Å². The van der Waals surface area contributed by atoms with Gasteiger partial charge in [-0.2, -0.15) is 11.8 Å². The Bertz CT molecular complexity index is 333. The Morgan fingerprint density at radius 2 is 1.07 bits per heavy atom. The van der Waals surface area contributed by atoms with Crippen molar-refractivity contribution in [1.82, 2.24) is 16.0 Å². The summed E-state index contributed by atoms with van der Waals surface area (Å²) in [7, 11) is 0. The second-order valence-electron chi connectivity index (χ2n) is 7.90. The third-order valence-electron chi connectivity index (χ3n) is 4.99. The molecule has 0 atom stereocenters. The summed E-state index contributed by atoms with van der Waals surface area (Å²) in [4.78, 5) is 10.4. The average molecular weight is 432 g/mol. The summed E-state index contributed by atoms with van der Waals surface area (Å²) in [6, 6.07) is 0. The quantitative estimate of drug-likeness (QED) is 0.158. The molecule has 0 aromatic heterocycles. The van der Waals surface area contributed by atoms with Crippen molar-refractivity contribution in [2.45, 2.75) is 90.4 Å². The number of nitrogens with one attached hydrogen (secondary N) is 3. The van der Waals surface area contributed by atoms with Gasteiger partial charge in [0, 0.05) is 32.6 Å². The van der Waals surface area contributed by atoms with E-state index in [0.29, 0.717) is 6.42 Å². The molecule has 0 aliphatic rings. The molecule has 0 aliphatic carbocycles. The molecular formula is C23H49N3O2S. The van der Waals surface area contributed by atoms with Gasteiger partial charge in [0.25, 0.3) is 0 Å². The van der Waals surface area contributed by atoms with Crippen molar-refractivity contribution in [3.8, 4) is 0 Å². The first-order valence-electron chi connectivity index (χ1n) is 12.2. The van der Waals surface area contributed by atoms with Gasteiger partial charge in [0.05, 0.1) is 0 Å². The van der Waals surface area contributed by atoms with Gasteiger partial charge >= 0.3 is 5.97 Å². The van der Waals surface area contributed by atoms with Gasteiger partial charge < -0.3 is 21.1 Å². The maximum atomic E-state index is 10.4. The van der Waals surface area contributed by atoms with Gasteiger partial charge in [-0.15, -0.1) is 0 Å². The van der Waals surface area contributed by atoms with Gasteiger partial charge in [0.15, 0.2) is 0 Å². The lowest BCUT2D eigenvalue weighted by atomic mass is 10.1. The van der Waals surface area contributed by atoms with E-state index in [-0.39, 0.29) is 6.42 Å². The smallest absolute Gasteiger partial charge is 0.303 e. The normalized spacial score (nSPS) is 11.2. The van der Waals surface area contributed by atoms with Crippen LogP contribution in [0.5, 0.6) is 0 Å². The van der Waals surface area contributed by atoms with Crippen LogP contribution in [0.15, 0.2) is 0 Å². The lowest BCUT2D eigenvalue weighted by molar-refractivity contribution is -0.137. The second kappa shape index (κ2) is 25.7. The average Bonchev–Trinajstić information content (AvgIpc) is 2.71. The van der Waals surface area contributed by atoms with E-state index in [1.165, 1.54) is 82.1 Å². The maximum Gasteiger partial charge on any atom is 0.303 e. The molecule has 0 amide bonds. The Kier molecular flexibility index (Phi) is 25.5. The fourth-order valence-electron chi connectivity index (χ4n) is 3.19. The minimum absolute atomic E-state index is 0.252. The van der Waals surface area contributed by atoms with E-state index in [0.717, 1.165) is 39.3 Å². The number of unbranched alkanes of at least 4 members (excludes halogenated alkanes) is 9. The zero-order valence-electron chi connectivity index (χ0n) is 19.1. The predicted molar refractivity (Wildman–Crippen MR) is 129 cm³/mol. The molecule has 5 nitrogen and oxygen atoms in total. The Morgan fingerprint density at radius 3 is 1.62 bits per heavy atom. The largest absolute Gasteiger partial charge is 0.481 e. The van der Waals surface area contributed by atoms with Crippen LogP contribution in [0.4, 0.5) is 0 Å². The van der Waals surface area contributed by atoms with Crippen molar-refractivity contribution in [3.05, 3.63) is 0 Å². The van der Waals surface area contributed by atoms with E-state index in [9.17, 15) is 4.79 Å². The van der Waals surface area contributed by atoms with Crippen molar-refractivity contribution in [2.24, 2.45) is 0 Å². The van der Waals surface area contributed by atoms with Gasteiger partial charge in [-0.3, -0.25) is 4.79 Å². The molecule has 0 saturated heterocycles. The second-order valence-corrected chi connectivity index (χ2v) is 9.12. The number of carbonyl (C=O) groups is 1. The van der Waals surface area contributed by atoms with Crippen LogP contribution in [-0.2, 0) is 4.79 Å². The molecule has 6 heteroatoms. The van der Waals surface area contributed by atoms with Crippen LogP contribution in [0.1, 0.15) is 90.4 Å². The molecule has 0 aromatic rings. The number of rotatable bonds is 25. The number of carboxylic acid groups (broad SMARTS) is 1. The van der Waals surface area contributed by atoms with Crippen LogP contribution in [-0.4, -0.2) is 61.9 Å². The number of carboxylic acids is 1. The van der Waals surface area contributed by atoms with Crippen LogP contribution < -0.4 is 16.0 Å². The number of hydrogen-bond acceptors (Lipinski definition) is 5. The van der Waals surface area contributed by atoms with Gasteiger partial charge in [0.1, 0.15) is 0 Å². The summed E-state index contributed by atoms with van der Waals surface area (Å²) < 4.78 is 0. The highest BCUT2D eigenvalue weighted by atomic mass is 32.2. The molecule has 0 saturated carbocycles. The maximum absolute atomic E-state index is 10.4. The molecule has 174 valence electrons. The summed E-state index contributed by atoms with van der Waals surface area (Å²) in [5, 5.41) is 18.7. The Labute approximate surface area is 184 Å². The molecule has 29 heavy (non-hydrogen) atoms. The van der Waals surface area contributed by atoms with Crippen LogP contribution in [0.25, 0.3) is 0 Å². The minimum Gasteiger partial charge on any atom is -0.481 e. The molecule has 0 heterocycles. The Hall–Kier alpha value is -0.300. The fraction of sp³-hybridized carbons (Fsp3) is 0.957. The van der Waals surface area contributed by atoms with Crippen molar-refractivity contribution in [3.63, 3.8) is 0 Å².